The molecule has 150 valence electrons. The summed E-state index contributed by atoms with van der Waals surface area (Å²) in [6.45, 7) is 0. The van der Waals surface area contributed by atoms with E-state index < -0.39 is 0 Å². The lowest BCUT2D eigenvalue weighted by Gasteiger charge is -2.33. The SMILES string of the molecule is CSc1nc(NC2CCC3NNC(c4cccs4)C3C2)cc(-c2ccccc2)n1. The predicted octanol–water partition coefficient (Wildman–Crippen LogP) is 4.73. The summed E-state index contributed by atoms with van der Waals surface area (Å²) in [5.74, 6) is 1.52. The van der Waals surface area contributed by atoms with Crippen molar-refractivity contribution >= 4 is 28.9 Å². The van der Waals surface area contributed by atoms with E-state index >= 15 is 0 Å². The number of benzene rings is 1. The fourth-order valence-corrected chi connectivity index (χ4v) is 5.73. The second kappa shape index (κ2) is 8.44. The van der Waals surface area contributed by atoms with Crippen LogP contribution in [0.3, 0.4) is 0 Å². The molecule has 2 fully saturated rings. The van der Waals surface area contributed by atoms with Crippen molar-refractivity contribution in [1.82, 2.24) is 20.8 Å². The number of nitrogens with zero attached hydrogens (tertiary/aromatic N) is 2. The van der Waals surface area contributed by atoms with E-state index in [1.807, 2.05) is 23.7 Å². The van der Waals surface area contributed by atoms with Gasteiger partial charge in [-0.05, 0) is 42.9 Å². The van der Waals surface area contributed by atoms with Gasteiger partial charge in [0.15, 0.2) is 5.16 Å². The van der Waals surface area contributed by atoms with Crippen LogP contribution in [0.5, 0.6) is 0 Å². The van der Waals surface area contributed by atoms with Crippen LogP contribution < -0.4 is 16.2 Å². The fraction of sp³-hybridized carbons (Fsp3) is 0.364. The maximum absolute atomic E-state index is 4.74. The Morgan fingerprint density at radius 3 is 2.76 bits per heavy atom. The minimum Gasteiger partial charge on any atom is -0.367 e. The van der Waals surface area contributed by atoms with Gasteiger partial charge in [-0.25, -0.2) is 15.4 Å². The van der Waals surface area contributed by atoms with Crippen molar-refractivity contribution in [2.24, 2.45) is 5.92 Å². The summed E-state index contributed by atoms with van der Waals surface area (Å²) in [6.07, 6.45) is 5.47. The molecule has 2 aliphatic rings. The third-order valence-corrected chi connectivity index (χ3v) is 7.41. The van der Waals surface area contributed by atoms with Crippen molar-refractivity contribution < 1.29 is 0 Å². The number of hydrogen-bond donors (Lipinski definition) is 3. The lowest BCUT2D eigenvalue weighted by atomic mass is 9.79. The van der Waals surface area contributed by atoms with Gasteiger partial charge in [-0.1, -0.05) is 48.2 Å². The highest BCUT2D eigenvalue weighted by molar-refractivity contribution is 7.98. The molecule has 1 saturated heterocycles. The molecule has 1 aromatic carbocycles. The van der Waals surface area contributed by atoms with Crippen LogP contribution in [-0.4, -0.2) is 28.3 Å². The van der Waals surface area contributed by atoms with Gasteiger partial charge in [0.05, 0.1) is 11.7 Å². The zero-order valence-electron chi connectivity index (χ0n) is 16.3. The Hall–Kier alpha value is -1.93. The topological polar surface area (TPSA) is 61.9 Å². The average molecular weight is 424 g/mol. The van der Waals surface area contributed by atoms with Gasteiger partial charge in [-0.2, -0.15) is 0 Å². The van der Waals surface area contributed by atoms with Crippen molar-refractivity contribution in [3.05, 3.63) is 58.8 Å². The van der Waals surface area contributed by atoms with Crippen molar-refractivity contribution in [3.63, 3.8) is 0 Å². The Labute approximate surface area is 179 Å². The van der Waals surface area contributed by atoms with Gasteiger partial charge in [-0.15, -0.1) is 11.3 Å². The van der Waals surface area contributed by atoms with Crippen LogP contribution >= 0.6 is 23.1 Å². The van der Waals surface area contributed by atoms with Gasteiger partial charge < -0.3 is 5.32 Å². The minimum absolute atomic E-state index is 0.400. The molecule has 3 aromatic rings. The van der Waals surface area contributed by atoms with E-state index in [9.17, 15) is 0 Å². The summed E-state index contributed by atoms with van der Waals surface area (Å²) in [4.78, 5) is 10.9. The summed E-state index contributed by atoms with van der Waals surface area (Å²) in [5, 5.41) is 6.70. The number of rotatable bonds is 5. The summed E-state index contributed by atoms with van der Waals surface area (Å²) in [7, 11) is 0. The molecule has 0 amide bonds. The Kier molecular flexibility index (Phi) is 5.54. The molecule has 5 rings (SSSR count). The third-order valence-electron chi connectivity index (χ3n) is 5.91. The van der Waals surface area contributed by atoms with Crippen LogP contribution in [0.25, 0.3) is 11.3 Å². The highest BCUT2D eigenvalue weighted by Gasteiger charge is 2.41. The largest absolute Gasteiger partial charge is 0.367 e. The van der Waals surface area contributed by atoms with Crippen molar-refractivity contribution in [1.29, 1.82) is 0 Å². The number of thioether (sulfide) groups is 1. The molecule has 1 aliphatic heterocycles. The van der Waals surface area contributed by atoms with E-state index in [0.717, 1.165) is 35.1 Å². The maximum atomic E-state index is 4.74. The number of anilines is 1. The third kappa shape index (κ3) is 4.05. The van der Waals surface area contributed by atoms with E-state index in [1.54, 1.807) is 11.8 Å². The minimum atomic E-state index is 0.400. The number of aromatic nitrogens is 2. The number of nitrogens with one attached hydrogen (secondary N) is 3. The number of hydrazine groups is 1. The van der Waals surface area contributed by atoms with Crippen LogP contribution in [0.15, 0.2) is 59.1 Å². The lowest BCUT2D eigenvalue weighted by molar-refractivity contribution is 0.290. The monoisotopic (exact) mass is 423 g/mol. The fourth-order valence-electron chi connectivity index (χ4n) is 4.49. The van der Waals surface area contributed by atoms with Crippen LogP contribution in [0.4, 0.5) is 5.82 Å². The molecule has 0 radical (unpaired) electrons. The van der Waals surface area contributed by atoms with Gasteiger partial charge in [0.2, 0.25) is 0 Å². The van der Waals surface area contributed by atoms with E-state index in [1.165, 1.54) is 11.3 Å². The molecule has 29 heavy (non-hydrogen) atoms. The molecular weight excluding hydrogens is 398 g/mol. The predicted molar refractivity (Wildman–Crippen MR) is 121 cm³/mol. The van der Waals surface area contributed by atoms with Gasteiger partial charge in [-0.3, -0.25) is 5.43 Å². The molecule has 4 unspecified atom stereocenters. The average Bonchev–Trinajstić information content (AvgIpc) is 3.43. The quantitative estimate of drug-likeness (QED) is 0.408. The second-order valence-electron chi connectivity index (χ2n) is 7.70. The number of thiophene rings is 1. The zero-order valence-corrected chi connectivity index (χ0v) is 18.0. The lowest BCUT2D eigenvalue weighted by Crippen LogP contribution is -2.39. The molecule has 2 aromatic heterocycles. The molecule has 7 heteroatoms. The Morgan fingerprint density at radius 2 is 1.97 bits per heavy atom. The van der Waals surface area contributed by atoms with Crippen LogP contribution in [-0.2, 0) is 0 Å². The molecule has 1 saturated carbocycles. The molecule has 3 N–H and O–H groups in total. The van der Waals surface area contributed by atoms with Crippen LogP contribution in [0, 0.1) is 5.92 Å². The maximum Gasteiger partial charge on any atom is 0.189 e. The first kappa shape index (κ1) is 19.1. The van der Waals surface area contributed by atoms with E-state index in [2.05, 4.69) is 64.0 Å². The van der Waals surface area contributed by atoms with Crippen molar-refractivity contribution in [2.75, 3.05) is 11.6 Å². The second-order valence-corrected chi connectivity index (χ2v) is 9.45. The van der Waals surface area contributed by atoms with Gasteiger partial charge in [0.1, 0.15) is 5.82 Å². The van der Waals surface area contributed by atoms with E-state index in [-0.39, 0.29) is 0 Å². The highest BCUT2D eigenvalue weighted by Crippen LogP contribution is 2.40. The van der Waals surface area contributed by atoms with Crippen LogP contribution in [0.2, 0.25) is 0 Å². The Morgan fingerprint density at radius 1 is 1.07 bits per heavy atom. The zero-order chi connectivity index (χ0) is 19.6. The number of fused-ring (bicyclic) bond motifs is 1. The van der Waals surface area contributed by atoms with Crippen molar-refractivity contribution in [2.45, 2.75) is 42.5 Å². The highest BCUT2D eigenvalue weighted by atomic mass is 32.2. The molecule has 4 atom stereocenters. The Bertz CT molecular complexity index is 947. The van der Waals surface area contributed by atoms with Gasteiger partial charge in [0.25, 0.3) is 0 Å². The van der Waals surface area contributed by atoms with Crippen LogP contribution in [0.1, 0.15) is 30.2 Å². The first-order valence-corrected chi connectivity index (χ1v) is 12.2. The summed E-state index contributed by atoms with van der Waals surface area (Å²) < 4.78 is 0. The molecule has 1 aliphatic carbocycles. The molecule has 5 nitrogen and oxygen atoms in total. The summed E-state index contributed by atoms with van der Waals surface area (Å²) in [5.41, 5.74) is 9.17. The van der Waals surface area contributed by atoms with E-state index in [0.29, 0.717) is 24.0 Å². The van der Waals surface area contributed by atoms with Crippen molar-refractivity contribution in [3.8, 4) is 11.3 Å². The van der Waals surface area contributed by atoms with E-state index in [4.69, 9.17) is 9.97 Å². The molecule has 0 bridgehead atoms. The normalized spacial score (nSPS) is 26.2. The Balaban J connectivity index is 1.35. The number of hydrogen-bond acceptors (Lipinski definition) is 7. The smallest absolute Gasteiger partial charge is 0.189 e. The molecule has 0 spiro atoms. The summed E-state index contributed by atoms with van der Waals surface area (Å²) in [6, 6.07) is 18.2. The molecular formula is C22H25N5S2. The first-order valence-electron chi connectivity index (χ1n) is 10.1. The molecule has 3 heterocycles. The van der Waals surface area contributed by atoms with Gasteiger partial charge in [0, 0.05) is 28.6 Å². The summed E-state index contributed by atoms with van der Waals surface area (Å²) >= 11 is 3.43. The first-order chi connectivity index (χ1) is 14.3. The standard InChI is InChI=1S/C22H25N5S2/c1-28-22-24-18(14-6-3-2-4-7-14)13-20(25-22)23-15-9-10-17-16(12-15)21(27-26-17)19-8-5-11-29-19/h2-8,11,13,15-17,21,26-27H,9-10,12H2,1H3,(H,23,24,25). The van der Waals surface area contributed by atoms with Gasteiger partial charge >= 0.3 is 0 Å².